The number of aromatic nitrogens is 3. The average Bonchev–Trinajstić information content (AvgIpc) is 3.02. The summed E-state index contributed by atoms with van der Waals surface area (Å²) < 4.78 is 0. The summed E-state index contributed by atoms with van der Waals surface area (Å²) in [6.45, 7) is 0. The summed E-state index contributed by atoms with van der Waals surface area (Å²) in [6.07, 6.45) is 5.47. The van der Waals surface area contributed by atoms with Crippen LogP contribution in [0.25, 0.3) is 19.9 Å². The predicted molar refractivity (Wildman–Crippen MR) is 64.3 cm³/mol. The summed E-state index contributed by atoms with van der Waals surface area (Å²) in [5.74, 6) is 0. The molecule has 0 bridgehead atoms. The van der Waals surface area contributed by atoms with E-state index in [4.69, 9.17) is 0 Å². The second-order valence-electron chi connectivity index (χ2n) is 2.70. The van der Waals surface area contributed by atoms with Gasteiger partial charge in [0.25, 0.3) is 0 Å². The normalized spacial score (nSPS) is 10.7. The highest BCUT2D eigenvalue weighted by Gasteiger charge is 2.09. The van der Waals surface area contributed by atoms with Crippen LogP contribution in [0.2, 0.25) is 0 Å². The number of hydrogen-bond donors (Lipinski definition) is 0. The van der Waals surface area contributed by atoms with Gasteiger partial charge in [-0.25, -0.2) is 15.0 Å². The molecule has 0 unspecified atom stereocenters. The topological polar surface area (TPSA) is 38.7 Å². The van der Waals surface area contributed by atoms with Crippen molar-refractivity contribution in [2.45, 2.75) is 0 Å². The first-order valence-electron chi connectivity index (χ1n) is 4.19. The van der Waals surface area contributed by atoms with Crippen LogP contribution in [0, 0.1) is 0 Å². The van der Waals surface area contributed by atoms with Crippen LogP contribution >= 0.6 is 34.0 Å². The molecule has 0 atom stereocenters. The van der Waals surface area contributed by atoms with Crippen molar-refractivity contribution in [1.29, 1.82) is 0 Å². The SMILES string of the molecule is c1csc(-c2cnc(-c3nccs3)s2)n1. The van der Waals surface area contributed by atoms with E-state index in [1.807, 2.05) is 23.2 Å². The quantitative estimate of drug-likeness (QED) is 0.700. The highest BCUT2D eigenvalue weighted by atomic mass is 32.1. The smallest absolute Gasteiger partial charge is 0.152 e. The Morgan fingerprint density at radius 2 is 1.53 bits per heavy atom. The van der Waals surface area contributed by atoms with Crippen LogP contribution in [0.3, 0.4) is 0 Å². The van der Waals surface area contributed by atoms with Gasteiger partial charge >= 0.3 is 0 Å². The number of hydrogen-bond acceptors (Lipinski definition) is 6. The molecule has 3 heterocycles. The lowest BCUT2D eigenvalue weighted by Crippen LogP contribution is -1.68. The average molecular weight is 251 g/mol. The molecule has 0 spiro atoms. The Labute approximate surface area is 98.1 Å². The molecule has 15 heavy (non-hydrogen) atoms. The summed E-state index contributed by atoms with van der Waals surface area (Å²) in [4.78, 5) is 13.9. The minimum absolute atomic E-state index is 0.968. The Bertz CT molecular complexity index is 490. The zero-order chi connectivity index (χ0) is 10.1. The van der Waals surface area contributed by atoms with Gasteiger partial charge in [-0.2, -0.15) is 0 Å². The van der Waals surface area contributed by atoms with Crippen molar-refractivity contribution in [3.8, 4) is 19.9 Å². The second-order valence-corrected chi connectivity index (χ2v) is 5.52. The molecular formula is C9H5N3S3. The lowest BCUT2D eigenvalue weighted by atomic mass is 10.6. The van der Waals surface area contributed by atoms with E-state index in [1.165, 1.54) is 0 Å². The van der Waals surface area contributed by atoms with Crippen molar-refractivity contribution in [2.24, 2.45) is 0 Å². The van der Waals surface area contributed by atoms with E-state index >= 15 is 0 Å². The van der Waals surface area contributed by atoms with Gasteiger partial charge in [-0.15, -0.1) is 34.0 Å². The first-order chi connectivity index (χ1) is 7.43. The zero-order valence-corrected chi connectivity index (χ0v) is 9.90. The van der Waals surface area contributed by atoms with E-state index in [9.17, 15) is 0 Å². The van der Waals surface area contributed by atoms with Crippen LogP contribution < -0.4 is 0 Å². The maximum atomic E-state index is 4.35. The predicted octanol–water partition coefficient (Wildman–Crippen LogP) is 3.39. The van der Waals surface area contributed by atoms with E-state index in [0.29, 0.717) is 0 Å². The van der Waals surface area contributed by atoms with Crippen LogP contribution in [0.1, 0.15) is 0 Å². The minimum atomic E-state index is 0.968. The van der Waals surface area contributed by atoms with Gasteiger partial charge in [0.1, 0.15) is 5.01 Å². The Balaban J connectivity index is 2.02. The molecule has 0 saturated heterocycles. The molecule has 3 rings (SSSR count). The lowest BCUT2D eigenvalue weighted by molar-refractivity contribution is 1.35. The maximum Gasteiger partial charge on any atom is 0.152 e. The Morgan fingerprint density at radius 1 is 0.800 bits per heavy atom. The van der Waals surface area contributed by atoms with Crippen molar-refractivity contribution in [2.75, 3.05) is 0 Å². The molecule has 0 aliphatic rings. The van der Waals surface area contributed by atoms with Gasteiger partial charge in [0.15, 0.2) is 10.0 Å². The molecule has 0 N–H and O–H groups in total. The fourth-order valence-corrected chi connectivity index (χ4v) is 3.45. The molecule has 0 aliphatic heterocycles. The number of rotatable bonds is 2. The molecule has 0 amide bonds. The fourth-order valence-electron chi connectivity index (χ4n) is 1.15. The van der Waals surface area contributed by atoms with E-state index in [1.54, 1.807) is 40.2 Å². The second kappa shape index (κ2) is 3.80. The third kappa shape index (κ3) is 1.71. The van der Waals surface area contributed by atoms with E-state index in [0.717, 1.165) is 19.9 Å². The Kier molecular flexibility index (Phi) is 2.32. The van der Waals surface area contributed by atoms with Gasteiger partial charge in [-0.1, -0.05) is 0 Å². The van der Waals surface area contributed by atoms with E-state index < -0.39 is 0 Å². The minimum Gasteiger partial charge on any atom is -0.244 e. The van der Waals surface area contributed by atoms with Gasteiger partial charge < -0.3 is 0 Å². The highest BCUT2D eigenvalue weighted by Crippen LogP contribution is 2.33. The molecular weight excluding hydrogens is 246 g/mol. The first kappa shape index (κ1) is 9.14. The molecule has 0 radical (unpaired) electrons. The van der Waals surface area contributed by atoms with E-state index in [-0.39, 0.29) is 0 Å². The summed E-state index contributed by atoms with van der Waals surface area (Å²) >= 11 is 4.87. The molecule has 0 aliphatic carbocycles. The first-order valence-corrected chi connectivity index (χ1v) is 6.76. The van der Waals surface area contributed by atoms with Crippen molar-refractivity contribution in [3.05, 3.63) is 29.4 Å². The molecule has 0 fully saturated rings. The Morgan fingerprint density at radius 3 is 2.20 bits per heavy atom. The van der Waals surface area contributed by atoms with Crippen LogP contribution in [0.4, 0.5) is 0 Å². The van der Waals surface area contributed by atoms with Crippen molar-refractivity contribution in [1.82, 2.24) is 15.0 Å². The summed E-state index contributed by atoms with van der Waals surface area (Å²) in [7, 11) is 0. The van der Waals surface area contributed by atoms with Gasteiger partial charge in [0.2, 0.25) is 0 Å². The fraction of sp³-hybridized carbons (Fsp3) is 0. The summed E-state index contributed by atoms with van der Waals surface area (Å²) in [5.41, 5.74) is 0. The van der Waals surface area contributed by atoms with Crippen molar-refractivity contribution >= 4 is 34.0 Å². The largest absolute Gasteiger partial charge is 0.244 e. The lowest BCUT2D eigenvalue weighted by Gasteiger charge is -1.85. The highest BCUT2D eigenvalue weighted by molar-refractivity contribution is 7.25. The molecule has 0 aromatic carbocycles. The molecule has 3 aromatic heterocycles. The number of thiazole rings is 3. The van der Waals surface area contributed by atoms with Gasteiger partial charge in [0.05, 0.1) is 4.88 Å². The van der Waals surface area contributed by atoms with Gasteiger partial charge in [-0.3, -0.25) is 0 Å². The van der Waals surface area contributed by atoms with E-state index in [2.05, 4.69) is 15.0 Å². The van der Waals surface area contributed by atoms with Crippen LogP contribution in [0.15, 0.2) is 29.4 Å². The third-order valence-electron chi connectivity index (χ3n) is 1.76. The Hall–Kier alpha value is -1.11. The van der Waals surface area contributed by atoms with Crippen LogP contribution in [-0.2, 0) is 0 Å². The molecule has 74 valence electrons. The molecule has 6 heteroatoms. The number of nitrogens with zero attached hydrogens (tertiary/aromatic N) is 3. The molecule has 0 saturated carbocycles. The van der Waals surface area contributed by atoms with Gasteiger partial charge in [-0.05, 0) is 0 Å². The maximum absolute atomic E-state index is 4.35. The third-order valence-corrected chi connectivity index (χ3v) is 4.62. The molecule has 3 aromatic rings. The van der Waals surface area contributed by atoms with Gasteiger partial charge in [0, 0.05) is 29.4 Å². The monoisotopic (exact) mass is 251 g/mol. The van der Waals surface area contributed by atoms with Crippen LogP contribution in [0.5, 0.6) is 0 Å². The van der Waals surface area contributed by atoms with Crippen molar-refractivity contribution < 1.29 is 0 Å². The van der Waals surface area contributed by atoms with Crippen LogP contribution in [-0.4, -0.2) is 15.0 Å². The summed E-state index contributed by atoms with van der Waals surface area (Å²) in [5, 5.41) is 6.89. The standard InChI is InChI=1S/C9H5N3S3/c1-3-13-7(10-1)6-5-12-9(15-6)8-11-2-4-14-8/h1-5H. The van der Waals surface area contributed by atoms with Crippen molar-refractivity contribution in [3.63, 3.8) is 0 Å². The summed E-state index contributed by atoms with van der Waals surface area (Å²) in [6, 6.07) is 0. The molecule has 3 nitrogen and oxygen atoms in total. The zero-order valence-electron chi connectivity index (χ0n) is 7.45.